The zero-order valence-corrected chi connectivity index (χ0v) is 12.6. The van der Waals surface area contributed by atoms with Gasteiger partial charge in [-0.25, -0.2) is 4.98 Å². The molecule has 1 unspecified atom stereocenters. The lowest BCUT2D eigenvalue weighted by atomic mass is 9.97. The quantitative estimate of drug-likeness (QED) is 0.937. The summed E-state index contributed by atoms with van der Waals surface area (Å²) in [6.45, 7) is 3.45. The van der Waals surface area contributed by atoms with Gasteiger partial charge in [-0.05, 0) is 31.7 Å². The highest BCUT2D eigenvalue weighted by Gasteiger charge is 2.34. The molecular weight excluding hydrogens is 268 g/mol. The van der Waals surface area contributed by atoms with Crippen LogP contribution in [0.1, 0.15) is 36.9 Å². The summed E-state index contributed by atoms with van der Waals surface area (Å²) in [5.41, 5.74) is 7.81. The number of hydrogen-bond acceptors (Lipinski definition) is 4. The molecule has 2 N–H and O–H groups in total. The van der Waals surface area contributed by atoms with Crippen molar-refractivity contribution in [2.45, 2.75) is 38.3 Å². The largest absolute Gasteiger partial charge is 0.368 e. The van der Waals surface area contributed by atoms with E-state index in [0.29, 0.717) is 6.54 Å². The third kappa shape index (κ3) is 2.51. The Hall–Kier alpha value is -1.23. The van der Waals surface area contributed by atoms with Crippen LogP contribution in [0, 0.1) is 0 Å². The van der Waals surface area contributed by atoms with E-state index in [1.165, 1.54) is 16.9 Å². The van der Waals surface area contributed by atoms with Crippen molar-refractivity contribution in [1.29, 1.82) is 0 Å². The van der Waals surface area contributed by atoms with Crippen LogP contribution in [-0.2, 0) is 16.9 Å². The predicted molar refractivity (Wildman–Crippen MR) is 82.6 cm³/mol. The van der Waals surface area contributed by atoms with Gasteiger partial charge in [0.25, 0.3) is 0 Å². The minimum absolute atomic E-state index is 0.236. The van der Waals surface area contributed by atoms with Crippen LogP contribution in [0.25, 0.3) is 10.4 Å². The Kier molecular flexibility index (Phi) is 3.87. The molecule has 1 saturated heterocycles. The summed E-state index contributed by atoms with van der Waals surface area (Å²) < 4.78 is 6.01. The third-order valence-corrected chi connectivity index (χ3v) is 5.24. The highest BCUT2D eigenvalue weighted by molar-refractivity contribution is 7.15. The fraction of sp³-hybridized carbons (Fsp3) is 0.438. The summed E-state index contributed by atoms with van der Waals surface area (Å²) in [7, 11) is 0. The second-order valence-electron chi connectivity index (χ2n) is 5.40. The predicted octanol–water partition coefficient (Wildman–Crippen LogP) is 3.68. The Morgan fingerprint density at radius 2 is 2.10 bits per heavy atom. The standard InChI is InChI=1S/C16H20N2OS/c1-16(9-5-6-10-19-16)15-18-13(11-17)14(20-15)12-7-3-2-4-8-12/h2-4,7-8H,5-6,9-11,17H2,1H3. The molecular formula is C16H20N2OS. The number of ether oxygens (including phenoxy) is 1. The van der Waals surface area contributed by atoms with E-state index in [-0.39, 0.29) is 5.60 Å². The molecule has 4 heteroatoms. The van der Waals surface area contributed by atoms with Crippen molar-refractivity contribution < 1.29 is 4.74 Å². The van der Waals surface area contributed by atoms with Crippen molar-refractivity contribution in [2.75, 3.05) is 6.61 Å². The third-order valence-electron chi connectivity index (χ3n) is 3.85. The second kappa shape index (κ2) is 5.64. The van der Waals surface area contributed by atoms with Gasteiger partial charge in [0.15, 0.2) is 0 Å². The van der Waals surface area contributed by atoms with Gasteiger partial charge in [0.2, 0.25) is 0 Å². The molecule has 0 amide bonds. The van der Waals surface area contributed by atoms with Gasteiger partial charge in [-0.3, -0.25) is 0 Å². The number of thiazole rings is 1. The molecule has 106 valence electrons. The number of nitrogens with zero attached hydrogens (tertiary/aromatic N) is 1. The zero-order chi connectivity index (χ0) is 14.0. The Balaban J connectivity index is 2.00. The maximum absolute atomic E-state index is 6.01. The second-order valence-corrected chi connectivity index (χ2v) is 6.40. The lowest BCUT2D eigenvalue weighted by Crippen LogP contribution is -2.30. The van der Waals surface area contributed by atoms with Crippen LogP contribution in [0.4, 0.5) is 0 Å². The molecule has 1 aromatic carbocycles. The van der Waals surface area contributed by atoms with Gasteiger partial charge in [-0.1, -0.05) is 30.3 Å². The maximum Gasteiger partial charge on any atom is 0.125 e. The average Bonchev–Trinajstić information content (AvgIpc) is 2.94. The molecule has 0 aliphatic carbocycles. The van der Waals surface area contributed by atoms with E-state index >= 15 is 0 Å². The molecule has 2 heterocycles. The van der Waals surface area contributed by atoms with Crippen molar-refractivity contribution in [1.82, 2.24) is 4.98 Å². The van der Waals surface area contributed by atoms with Gasteiger partial charge in [0.1, 0.15) is 10.6 Å². The van der Waals surface area contributed by atoms with Crippen LogP contribution in [0.5, 0.6) is 0 Å². The first kappa shape index (κ1) is 13.7. The molecule has 3 rings (SSSR count). The molecule has 1 aromatic heterocycles. The number of rotatable bonds is 3. The Labute approximate surface area is 123 Å². The van der Waals surface area contributed by atoms with E-state index in [9.17, 15) is 0 Å². The van der Waals surface area contributed by atoms with Crippen molar-refractivity contribution in [2.24, 2.45) is 5.73 Å². The summed E-state index contributed by atoms with van der Waals surface area (Å²) in [5.74, 6) is 0. The summed E-state index contributed by atoms with van der Waals surface area (Å²) >= 11 is 1.73. The van der Waals surface area contributed by atoms with E-state index in [1.807, 2.05) is 18.2 Å². The van der Waals surface area contributed by atoms with Crippen molar-refractivity contribution in [3.63, 3.8) is 0 Å². The van der Waals surface area contributed by atoms with E-state index in [2.05, 4.69) is 19.1 Å². The fourth-order valence-corrected chi connectivity index (χ4v) is 3.86. The number of hydrogen-bond donors (Lipinski definition) is 1. The molecule has 2 aromatic rings. The topological polar surface area (TPSA) is 48.1 Å². The lowest BCUT2D eigenvalue weighted by molar-refractivity contribution is -0.0702. The van der Waals surface area contributed by atoms with E-state index in [0.717, 1.165) is 30.2 Å². The molecule has 0 radical (unpaired) electrons. The summed E-state index contributed by atoms with van der Waals surface area (Å²) in [4.78, 5) is 5.95. The smallest absolute Gasteiger partial charge is 0.125 e. The fourth-order valence-electron chi connectivity index (χ4n) is 2.63. The van der Waals surface area contributed by atoms with Crippen LogP contribution in [0.2, 0.25) is 0 Å². The van der Waals surface area contributed by atoms with Gasteiger partial charge in [0, 0.05) is 13.2 Å². The highest BCUT2D eigenvalue weighted by atomic mass is 32.1. The lowest BCUT2D eigenvalue weighted by Gasteiger charge is -2.31. The first-order chi connectivity index (χ1) is 9.73. The molecule has 3 nitrogen and oxygen atoms in total. The number of nitrogens with two attached hydrogens (primary N) is 1. The number of benzene rings is 1. The van der Waals surface area contributed by atoms with Gasteiger partial charge in [0.05, 0.1) is 10.6 Å². The van der Waals surface area contributed by atoms with E-state index in [4.69, 9.17) is 15.5 Å². The molecule has 1 aliphatic rings. The van der Waals surface area contributed by atoms with Gasteiger partial charge in [-0.2, -0.15) is 0 Å². The monoisotopic (exact) mass is 288 g/mol. The number of aromatic nitrogens is 1. The molecule has 1 fully saturated rings. The Morgan fingerprint density at radius 1 is 1.30 bits per heavy atom. The SMILES string of the molecule is CC1(c2nc(CN)c(-c3ccccc3)s2)CCCCO1. The minimum atomic E-state index is -0.236. The molecule has 0 saturated carbocycles. The summed E-state index contributed by atoms with van der Waals surface area (Å²) in [5, 5.41) is 1.07. The van der Waals surface area contributed by atoms with Crippen LogP contribution < -0.4 is 5.73 Å². The first-order valence-electron chi connectivity index (χ1n) is 7.12. The first-order valence-corrected chi connectivity index (χ1v) is 7.94. The molecule has 0 bridgehead atoms. The normalized spacial score (nSPS) is 22.9. The van der Waals surface area contributed by atoms with E-state index in [1.54, 1.807) is 11.3 Å². The Morgan fingerprint density at radius 3 is 2.75 bits per heavy atom. The van der Waals surface area contributed by atoms with Crippen molar-refractivity contribution >= 4 is 11.3 Å². The van der Waals surface area contributed by atoms with Crippen molar-refractivity contribution in [3.05, 3.63) is 41.0 Å². The minimum Gasteiger partial charge on any atom is -0.368 e. The van der Waals surface area contributed by atoms with E-state index < -0.39 is 0 Å². The molecule has 1 aliphatic heterocycles. The Bertz CT molecular complexity index is 573. The summed E-state index contributed by atoms with van der Waals surface area (Å²) in [6.07, 6.45) is 3.39. The molecule has 0 spiro atoms. The van der Waals surface area contributed by atoms with Crippen LogP contribution in [0.15, 0.2) is 30.3 Å². The van der Waals surface area contributed by atoms with Gasteiger partial charge >= 0.3 is 0 Å². The van der Waals surface area contributed by atoms with Crippen LogP contribution in [-0.4, -0.2) is 11.6 Å². The highest BCUT2D eigenvalue weighted by Crippen LogP contribution is 2.40. The van der Waals surface area contributed by atoms with Gasteiger partial charge in [-0.15, -0.1) is 11.3 Å². The maximum atomic E-state index is 6.01. The molecule has 1 atom stereocenters. The van der Waals surface area contributed by atoms with Crippen LogP contribution in [0.3, 0.4) is 0 Å². The van der Waals surface area contributed by atoms with Crippen molar-refractivity contribution in [3.8, 4) is 10.4 Å². The van der Waals surface area contributed by atoms with Crippen LogP contribution >= 0.6 is 11.3 Å². The average molecular weight is 288 g/mol. The summed E-state index contributed by atoms with van der Waals surface area (Å²) in [6, 6.07) is 10.3. The van der Waals surface area contributed by atoms with Gasteiger partial charge < -0.3 is 10.5 Å². The zero-order valence-electron chi connectivity index (χ0n) is 11.8. The molecule has 20 heavy (non-hydrogen) atoms.